The van der Waals surface area contributed by atoms with Gasteiger partial charge in [-0.05, 0) is 63.5 Å². The number of allylic oxidation sites excluding steroid dienone is 4. The van der Waals surface area contributed by atoms with E-state index < -0.39 is 39.1 Å². The Balaban J connectivity index is 1.89. The van der Waals surface area contributed by atoms with Crippen LogP contribution >= 0.6 is 0 Å². The third-order valence-corrected chi connectivity index (χ3v) is 7.80. The molecule has 0 amide bonds. The largest absolute Gasteiger partial charge is 0.402 e. The van der Waals surface area contributed by atoms with Gasteiger partial charge in [-0.2, -0.15) is 13.2 Å². The molecule has 0 spiro atoms. The van der Waals surface area contributed by atoms with E-state index in [1.165, 1.54) is 12.1 Å². The minimum atomic E-state index is -4.69. The van der Waals surface area contributed by atoms with Gasteiger partial charge in [0.2, 0.25) is 0 Å². The molecule has 2 unspecified atom stereocenters. The van der Waals surface area contributed by atoms with Gasteiger partial charge >= 0.3 is 6.18 Å². The molecule has 32 heavy (non-hydrogen) atoms. The number of carbonyl (C=O) groups excluding carboxylic acids is 1. The quantitative estimate of drug-likeness (QED) is 0.626. The Morgan fingerprint density at radius 3 is 2.28 bits per heavy atom. The van der Waals surface area contributed by atoms with Crippen molar-refractivity contribution in [2.75, 3.05) is 0 Å². The van der Waals surface area contributed by atoms with Crippen LogP contribution in [-0.2, 0) is 26.0 Å². The van der Waals surface area contributed by atoms with E-state index in [1.807, 2.05) is 0 Å². The molecule has 1 aliphatic heterocycles. The monoisotopic (exact) mass is 468 g/mol. The molecule has 0 saturated heterocycles. The van der Waals surface area contributed by atoms with Crippen LogP contribution in [0, 0.1) is 12.0 Å². The fraction of sp³-hybridized carbons (Fsp3) is 0.435. The highest BCUT2D eigenvalue weighted by Gasteiger charge is 2.45. The molecule has 9 heteroatoms. The van der Waals surface area contributed by atoms with Crippen LogP contribution in [0.1, 0.15) is 40.2 Å². The van der Waals surface area contributed by atoms with E-state index in [0.29, 0.717) is 22.4 Å². The molecule has 2 atom stereocenters. The molecular formula is C23H25F3NO4S. The molecule has 1 aromatic carbocycles. The molecule has 3 rings (SSSR count). The van der Waals surface area contributed by atoms with Crippen LogP contribution in [0.2, 0.25) is 0 Å². The number of ketones is 1. The lowest BCUT2D eigenvalue weighted by Gasteiger charge is -2.22. The van der Waals surface area contributed by atoms with E-state index in [1.54, 1.807) is 51.8 Å². The first-order valence-corrected chi connectivity index (χ1v) is 11.7. The number of carbonyl (C=O) groups is 1. The Morgan fingerprint density at radius 2 is 1.75 bits per heavy atom. The van der Waals surface area contributed by atoms with Gasteiger partial charge in [0.05, 0.1) is 16.7 Å². The lowest BCUT2D eigenvalue weighted by molar-refractivity contribution is -0.169. The molecule has 0 fully saturated rings. The van der Waals surface area contributed by atoms with Gasteiger partial charge in [-0.1, -0.05) is 18.2 Å². The van der Waals surface area contributed by atoms with Gasteiger partial charge in [0.25, 0.3) is 0 Å². The van der Waals surface area contributed by atoms with Crippen LogP contribution < -0.4 is 0 Å². The van der Waals surface area contributed by atoms with Crippen molar-refractivity contribution in [3.63, 3.8) is 0 Å². The van der Waals surface area contributed by atoms with Crippen molar-refractivity contribution in [1.29, 1.82) is 0 Å². The number of hydrogen-bond donors (Lipinski definition) is 0. The summed E-state index contributed by atoms with van der Waals surface area (Å²) in [6.45, 7) is 8.53. The van der Waals surface area contributed by atoms with Gasteiger partial charge in [0.15, 0.2) is 15.6 Å². The first-order valence-electron chi connectivity index (χ1n) is 10.1. The van der Waals surface area contributed by atoms with E-state index in [0.717, 1.165) is 11.6 Å². The zero-order valence-corrected chi connectivity index (χ0v) is 19.3. The Kier molecular flexibility index (Phi) is 6.45. The van der Waals surface area contributed by atoms with E-state index in [-0.39, 0.29) is 11.4 Å². The second kappa shape index (κ2) is 8.51. The van der Waals surface area contributed by atoms with Gasteiger partial charge in [-0.3, -0.25) is 14.7 Å². The van der Waals surface area contributed by atoms with Crippen LogP contribution in [0.4, 0.5) is 13.2 Å². The summed E-state index contributed by atoms with van der Waals surface area (Å²) in [6.07, 6.45) is -1.95. The molecule has 173 valence electrons. The summed E-state index contributed by atoms with van der Waals surface area (Å²) in [4.78, 5) is 17.9. The number of Topliss-reactive ketones (excluding diaryl/α,β-unsaturated/α-hetero) is 1. The topological polar surface area (TPSA) is 63.7 Å². The van der Waals surface area contributed by atoms with Crippen LogP contribution in [0.15, 0.2) is 57.7 Å². The summed E-state index contributed by atoms with van der Waals surface area (Å²) >= 11 is 0. The van der Waals surface area contributed by atoms with Crippen molar-refractivity contribution in [2.24, 2.45) is 5.92 Å². The number of nitrogens with zero attached hydrogens (tertiary/aromatic N) is 1. The number of sulfone groups is 1. The zero-order chi connectivity index (χ0) is 24.0. The normalized spacial score (nSPS) is 22.5. The highest BCUT2D eigenvalue weighted by Crippen LogP contribution is 2.40. The predicted molar refractivity (Wildman–Crippen MR) is 113 cm³/mol. The Morgan fingerprint density at radius 1 is 1.16 bits per heavy atom. The number of alkyl halides is 3. The van der Waals surface area contributed by atoms with Crippen molar-refractivity contribution in [1.82, 2.24) is 5.06 Å². The molecule has 1 aliphatic carbocycles. The maximum Gasteiger partial charge on any atom is 0.402 e. The standard InChI is InChI=1S/C23H25F3NO4S/c1-13(2)32(29,30)18-8-6-17(7-9-18)12-27-15(4)22(16(5)31-27)19-11-20(23(24,25)26)21(28)10-14(19)3/h6-9,11,13,16,20H,12H2,1-5H3. The Labute approximate surface area is 186 Å². The minimum Gasteiger partial charge on any atom is -0.293 e. The van der Waals surface area contributed by atoms with E-state index in [4.69, 9.17) is 4.84 Å². The first kappa shape index (κ1) is 24.3. The van der Waals surface area contributed by atoms with Crippen molar-refractivity contribution < 1.29 is 31.2 Å². The smallest absolute Gasteiger partial charge is 0.293 e. The molecule has 1 radical (unpaired) electrons. The summed E-state index contributed by atoms with van der Waals surface area (Å²) in [5.41, 5.74) is 2.61. The Bertz CT molecular complexity index is 1110. The average Bonchev–Trinajstić information content (AvgIpc) is 2.94. The van der Waals surface area contributed by atoms with Crippen molar-refractivity contribution in [3.05, 3.63) is 64.4 Å². The van der Waals surface area contributed by atoms with Crippen LogP contribution in [-0.4, -0.2) is 36.8 Å². The summed E-state index contributed by atoms with van der Waals surface area (Å²) in [5.74, 6) is -3.32. The van der Waals surface area contributed by atoms with Gasteiger partial charge in [-0.15, -0.1) is 0 Å². The fourth-order valence-electron chi connectivity index (χ4n) is 3.78. The summed E-state index contributed by atoms with van der Waals surface area (Å²) in [6, 6.07) is 6.45. The lowest BCUT2D eigenvalue weighted by Crippen LogP contribution is -2.31. The molecule has 5 nitrogen and oxygen atoms in total. The van der Waals surface area contributed by atoms with E-state index >= 15 is 0 Å². The zero-order valence-electron chi connectivity index (χ0n) is 18.4. The second-order valence-corrected chi connectivity index (χ2v) is 10.7. The SMILES string of the molecule is CC1=[C]C(=O)C(C(F)(F)F)C=C1C1=C(C)N(Cc2ccc(S(=O)(=O)C(C)C)cc2)OC1C. The van der Waals surface area contributed by atoms with Gasteiger partial charge in [-0.25, -0.2) is 8.42 Å². The van der Waals surface area contributed by atoms with Crippen molar-refractivity contribution in [2.45, 2.75) is 63.6 Å². The Hall–Kier alpha value is -2.39. The predicted octanol–water partition coefficient (Wildman–Crippen LogP) is 4.72. The van der Waals surface area contributed by atoms with Crippen LogP contribution in [0.5, 0.6) is 0 Å². The summed E-state index contributed by atoms with van der Waals surface area (Å²) in [5, 5.41) is 1.03. The highest BCUT2D eigenvalue weighted by atomic mass is 32.2. The van der Waals surface area contributed by atoms with Gasteiger partial charge in [0, 0.05) is 17.3 Å². The maximum absolute atomic E-state index is 13.3. The number of hydroxylamine groups is 2. The summed E-state index contributed by atoms with van der Waals surface area (Å²) < 4.78 is 64.4. The van der Waals surface area contributed by atoms with Gasteiger partial charge < -0.3 is 0 Å². The lowest BCUT2D eigenvalue weighted by atomic mass is 9.84. The molecule has 0 saturated carbocycles. The second-order valence-electron chi connectivity index (χ2n) is 8.23. The first-order chi connectivity index (χ1) is 14.7. The van der Waals surface area contributed by atoms with Crippen molar-refractivity contribution in [3.8, 4) is 0 Å². The number of rotatable bonds is 5. The van der Waals surface area contributed by atoms with Crippen molar-refractivity contribution >= 4 is 15.6 Å². The van der Waals surface area contributed by atoms with Crippen LogP contribution in [0.25, 0.3) is 0 Å². The fourth-order valence-corrected chi connectivity index (χ4v) is 4.84. The highest BCUT2D eigenvalue weighted by molar-refractivity contribution is 7.92. The molecule has 1 heterocycles. The molecular weight excluding hydrogens is 443 g/mol. The molecule has 1 aromatic rings. The average molecular weight is 469 g/mol. The van der Waals surface area contributed by atoms with Crippen LogP contribution in [0.3, 0.4) is 0 Å². The summed E-state index contributed by atoms with van der Waals surface area (Å²) in [7, 11) is -3.38. The van der Waals surface area contributed by atoms with E-state index in [9.17, 15) is 26.4 Å². The number of hydrogen-bond acceptors (Lipinski definition) is 5. The van der Waals surface area contributed by atoms with Gasteiger partial charge in [0.1, 0.15) is 12.0 Å². The molecule has 0 aromatic heterocycles. The molecule has 0 N–H and O–H groups in total. The minimum absolute atomic E-state index is 0.228. The number of halogens is 3. The number of benzene rings is 1. The van der Waals surface area contributed by atoms with E-state index in [2.05, 4.69) is 6.08 Å². The molecule has 0 bridgehead atoms. The maximum atomic E-state index is 13.3. The third-order valence-electron chi connectivity index (χ3n) is 5.63. The molecule has 2 aliphatic rings. The third kappa shape index (κ3) is 4.54.